The maximum absolute atomic E-state index is 11.8. The van der Waals surface area contributed by atoms with Gasteiger partial charge in [0.2, 0.25) is 5.91 Å². The standard InChI is InChI=1S/C16H27N3O3S/c1-12(20)18-13-7-10-23-14(13)11-17-8-6-9-19(5)15(21)22-16(2,3)4/h7,10,17H,6,8-9,11H2,1-5H3,(H,18,20). The molecule has 1 aromatic rings. The highest BCUT2D eigenvalue weighted by Gasteiger charge is 2.19. The van der Waals surface area contributed by atoms with Crippen LogP contribution < -0.4 is 10.6 Å². The highest BCUT2D eigenvalue weighted by Crippen LogP contribution is 2.21. The normalized spacial score (nSPS) is 11.2. The van der Waals surface area contributed by atoms with Crippen molar-refractivity contribution in [3.05, 3.63) is 16.3 Å². The van der Waals surface area contributed by atoms with E-state index in [1.54, 1.807) is 23.3 Å². The minimum absolute atomic E-state index is 0.0661. The number of thiophene rings is 1. The zero-order valence-corrected chi connectivity index (χ0v) is 15.4. The van der Waals surface area contributed by atoms with E-state index in [1.165, 1.54) is 6.92 Å². The van der Waals surface area contributed by atoms with Gasteiger partial charge in [0, 0.05) is 31.9 Å². The van der Waals surface area contributed by atoms with Gasteiger partial charge in [0.15, 0.2) is 0 Å². The summed E-state index contributed by atoms with van der Waals surface area (Å²) in [6.07, 6.45) is 0.528. The second kappa shape index (κ2) is 8.88. The monoisotopic (exact) mass is 341 g/mol. The largest absolute Gasteiger partial charge is 0.444 e. The summed E-state index contributed by atoms with van der Waals surface area (Å²) in [7, 11) is 1.74. The fraction of sp³-hybridized carbons (Fsp3) is 0.625. The zero-order valence-electron chi connectivity index (χ0n) is 14.6. The third kappa shape index (κ3) is 7.99. The van der Waals surface area contributed by atoms with Gasteiger partial charge in [-0.2, -0.15) is 0 Å². The maximum Gasteiger partial charge on any atom is 0.410 e. The molecule has 0 aliphatic rings. The summed E-state index contributed by atoms with van der Waals surface area (Å²) in [6, 6.07) is 1.90. The van der Waals surface area contributed by atoms with Crippen LogP contribution in [0.15, 0.2) is 11.4 Å². The van der Waals surface area contributed by atoms with Gasteiger partial charge in [-0.25, -0.2) is 4.79 Å². The number of hydrogen-bond acceptors (Lipinski definition) is 5. The number of nitrogens with zero attached hydrogens (tertiary/aromatic N) is 1. The van der Waals surface area contributed by atoms with Gasteiger partial charge in [-0.3, -0.25) is 4.79 Å². The summed E-state index contributed by atoms with van der Waals surface area (Å²) in [6.45, 7) is 9.18. The maximum atomic E-state index is 11.8. The zero-order chi connectivity index (χ0) is 17.5. The molecule has 0 atom stereocenters. The van der Waals surface area contributed by atoms with E-state index in [1.807, 2.05) is 32.2 Å². The molecule has 6 nitrogen and oxygen atoms in total. The van der Waals surface area contributed by atoms with Gasteiger partial charge in [0.25, 0.3) is 0 Å². The molecule has 1 heterocycles. The Bertz CT molecular complexity index is 523. The van der Waals surface area contributed by atoms with Gasteiger partial charge in [0.1, 0.15) is 5.60 Å². The van der Waals surface area contributed by atoms with Crippen LogP contribution in [0.5, 0.6) is 0 Å². The van der Waals surface area contributed by atoms with E-state index in [4.69, 9.17) is 4.74 Å². The average molecular weight is 341 g/mol. The van der Waals surface area contributed by atoms with Crippen molar-refractivity contribution in [1.29, 1.82) is 0 Å². The number of hydrogen-bond donors (Lipinski definition) is 2. The molecule has 0 saturated carbocycles. The van der Waals surface area contributed by atoms with E-state index < -0.39 is 5.60 Å². The fourth-order valence-electron chi connectivity index (χ4n) is 1.85. The SMILES string of the molecule is CC(=O)Nc1ccsc1CNCCCN(C)C(=O)OC(C)(C)C. The second-order valence-electron chi connectivity index (χ2n) is 6.37. The van der Waals surface area contributed by atoms with Crippen LogP contribution in [0.3, 0.4) is 0 Å². The molecule has 0 aliphatic carbocycles. The van der Waals surface area contributed by atoms with Gasteiger partial charge in [0.05, 0.1) is 5.69 Å². The first-order valence-corrected chi connectivity index (χ1v) is 8.56. The summed E-state index contributed by atoms with van der Waals surface area (Å²) in [4.78, 5) is 25.6. The molecule has 0 saturated heterocycles. The topological polar surface area (TPSA) is 70.7 Å². The third-order valence-electron chi connectivity index (χ3n) is 2.89. The molecule has 0 aromatic carbocycles. The summed E-state index contributed by atoms with van der Waals surface area (Å²) in [5.41, 5.74) is 0.393. The predicted molar refractivity (Wildman–Crippen MR) is 93.8 cm³/mol. The summed E-state index contributed by atoms with van der Waals surface area (Å²) in [5.74, 6) is -0.0661. The molecule has 1 aromatic heterocycles. The van der Waals surface area contributed by atoms with Crippen LogP contribution >= 0.6 is 11.3 Å². The van der Waals surface area contributed by atoms with Crippen LogP contribution in [0, 0.1) is 0 Å². The average Bonchev–Trinajstić information content (AvgIpc) is 2.82. The number of nitrogens with one attached hydrogen (secondary N) is 2. The van der Waals surface area contributed by atoms with Crippen molar-refractivity contribution in [2.24, 2.45) is 0 Å². The van der Waals surface area contributed by atoms with Crippen LogP contribution in [0.2, 0.25) is 0 Å². The van der Waals surface area contributed by atoms with Crippen molar-refractivity contribution in [2.45, 2.75) is 46.3 Å². The number of carbonyl (C=O) groups is 2. The molecular weight excluding hydrogens is 314 g/mol. The van der Waals surface area contributed by atoms with Crippen molar-refractivity contribution in [2.75, 3.05) is 25.5 Å². The Morgan fingerprint density at radius 1 is 1.35 bits per heavy atom. The first-order chi connectivity index (χ1) is 10.7. The number of ether oxygens (including phenoxy) is 1. The minimum atomic E-state index is -0.469. The van der Waals surface area contributed by atoms with Gasteiger partial charge in [-0.1, -0.05) is 0 Å². The van der Waals surface area contributed by atoms with Crippen LogP contribution in [0.1, 0.15) is 39.0 Å². The van der Waals surface area contributed by atoms with Crippen molar-refractivity contribution in [3.63, 3.8) is 0 Å². The molecule has 130 valence electrons. The van der Waals surface area contributed by atoms with Gasteiger partial charge < -0.3 is 20.3 Å². The quantitative estimate of drug-likeness (QED) is 0.748. The molecule has 0 radical (unpaired) electrons. The Morgan fingerprint density at radius 3 is 2.65 bits per heavy atom. The van der Waals surface area contributed by atoms with Crippen LogP contribution in [0.4, 0.5) is 10.5 Å². The number of anilines is 1. The first kappa shape index (κ1) is 19.4. The van der Waals surface area contributed by atoms with Crippen molar-refractivity contribution >= 4 is 29.0 Å². The molecule has 0 fully saturated rings. The fourth-order valence-corrected chi connectivity index (χ4v) is 2.65. The van der Waals surface area contributed by atoms with E-state index in [9.17, 15) is 9.59 Å². The van der Waals surface area contributed by atoms with Gasteiger partial charge in [-0.05, 0) is 45.2 Å². The molecule has 2 amide bonds. The van der Waals surface area contributed by atoms with E-state index in [0.29, 0.717) is 13.1 Å². The minimum Gasteiger partial charge on any atom is -0.444 e. The molecule has 0 unspecified atom stereocenters. The summed E-state index contributed by atoms with van der Waals surface area (Å²) in [5, 5.41) is 8.09. The Morgan fingerprint density at radius 2 is 2.04 bits per heavy atom. The lowest BCUT2D eigenvalue weighted by Gasteiger charge is -2.24. The van der Waals surface area contributed by atoms with E-state index in [2.05, 4.69) is 10.6 Å². The van der Waals surface area contributed by atoms with Gasteiger partial charge >= 0.3 is 6.09 Å². The lowest BCUT2D eigenvalue weighted by Crippen LogP contribution is -2.35. The van der Waals surface area contributed by atoms with Crippen molar-refractivity contribution < 1.29 is 14.3 Å². The lowest BCUT2D eigenvalue weighted by molar-refractivity contribution is -0.114. The molecule has 23 heavy (non-hydrogen) atoms. The van der Waals surface area contributed by atoms with Crippen LogP contribution in [-0.4, -0.2) is 42.6 Å². The molecule has 1 rings (SSSR count). The Labute approximate surface area is 142 Å². The lowest BCUT2D eigenvalue weighted by atomic mass is 10.2. The number of rotatable bonds is 7. The Hall–Kier alpha value is -1.60. The van der Waals surface area contributed by atoms with E-state index in [-0.39, 0.29) is 12.0 Å². The molecule has 2 N–H and O–H groups in total. The number of carbonyl (C=O) groups excluding carboxylic acids is 2. The van der Waals surface area contributed by atoms with Crippen molar-refractivity contribution in [1.82, 2.24) is 10.2 Å². The second-order valence-corrected chi connectivity index (χ2v) is 7.37. The highest BCUT2D eigenvalue weighted by molar-refractivity contribution is 7.10. The summed E-state index contributed by atoms with van der Waals surface area (Å²) >= 11 is 1.61. The molecular formula is C16H27N3O3S. The highest BCUT2D eigenvalue weighted by atomic mass is 32.1. The smallest absolute Gasteiger partial charge is 0.410 e. The molecule has 7 heteroatoms. The Kier molecular flexibility index (Phi) is 7.51. The predicted octanol–water partition coefficient (Wildman–Crippen LogP) is 3.05. The molecule has 0 bridgehead atoms. The van der Waals surface area contributed by atoms with Crippen molar-refractivity contribution in [3.8, 4) is 0 Å². The number of amides is 2. The Balaban J connectivity index is 2.24. The molecule has 0 aliphatic heterocycles. The molecule has 0 spiro atoms. The first-order valence-electron chi connectivity index (χ1n) is 7.68. The third-order valence-corrected chi connectivity index (χ3v) is 3.81. The van der Waals surface area contributed by atoms with Gasteiger partial charge in [-0.15, -0.1) is 11.3 Å². The van der Waals surface area contributed by atoms with E-state index >= 15 is 0 Å². The summed E-state index contributed by atoms with van der Waals surface area (Å²) < 4.78 is 5.30. The van der Waals surface area contributed by atoms with Crippen LogP contribution in [0.25, 0.3) is 0 Å². The van der Waals surface area contributed by atoms with E-state index in [0.717, 1.165) is 23.5 Å². The van der Waals surface area contributed by atoms with Crippen LogP contribution in [-0.2, 0) is 16.1 Å².